The molecule has 1 N–H and O–H groups in total. The Bertz CT molecular complexity index is 393. The highest BCUT2D eigenvalue weighted by molar-refractivity contribution is 7.09. The molecule has 3 atom stereocenters. The standard InChI is InChI=1S/C14H23NO2S/c1-10-5-4-6-14(8-10,17-3)13(16)7-12-9-18-11(2)15-12/h9-10,13,16H,4-8H2,1-3H3. The maximum atomic E-state index is 10.5. The molecule has 2 rings (SSSR count). The van der Waals surface area contributed by atoms with E-state index < -0.39 is 6.10 Å². The highest BCUT2D eigenvalue weighted by Crippen LogP contribution is 2.38. The number of methoxy groups -OCH3 is 1. The SMILES string of the molecule is COC1(C(O)Cc2csc(C)n2)CCCC(C)C1. The maximum absolute atomic E-state index is 10.5. The summed E-state index contributed by atoms with van der Waals surface area (Å²) >= 11 is 1.64. The topological polar surface area (TPSA) is 42.4 Å². The molecule has 0 aliphatic heterocycles. The number of aromatic nitrogens is 1. The third-order valence-corrected chi connectivity index (χ3v) is 4.90. The Labute approximate surface area is 113 Å². The van der Waals surface area contributed by atoms with Crippen LogP contribution in [0.1, 0.15) is 43.3 Å². The van der Waals surface area contributed by atoms with Gasteiger partial charge in [-0.25, -0.2) is 4.98 Å². The molecule has 3 nitrogen and oxygen atoms in total. The minimum atomic E-state index is -0.452. The van der Waals surface area contributed by atoms with Gasteiger partial charge in [-0.15, -0.1) is 11.3 Å². The largest absolute Gasteiger partial charge is 0.390 e. The normalized spacial score (nSPS) is 30.3. The summed E-state index contributed by atoms with van der Waals surface area (Å²) in [5.74, 6) is 0.630. The zero-order valence-electron chi connectivity index (χ0n) is 11.5. The summed E-state index contributed by atoms with van der Waals surface area (Å²) in [7, 11) is 1.73. The molecule has 0 radical (unpaired) electrons. The van der Waals surface area contributed by atoms with E-state index in [9.17, 15) is 5.11 Å². The van der Waals surface area contributed by atoms with E-state index in [-0.39, 0.29) is 5.60 Å². The number of hydrogen-bond acceptors (Lipinski definition) is 4. The number of rotatable bonds is 4. The van der Waals surface area contributed by atoms with Crippen LogP contribution in [0, 0.1) is 12.8 Å². The second kappa shape index (κ2) is 5.68. The van der Waals surface area contributed by atoms with Crippen LogP contribution < -0.4 is 0 Å². The van der Waals surface area contributed by atoms with E-state index in [0.29, 0.717) is 12.3 Å². The summed E-state index contributed by atoms with van der Waals surface area (Å²) in [6.07, 6.45) is 4.44. The van der Waals surface area contributed by atoms with Crippen molar-refractivity contribution in [3.8, 4) is 0 Å². The van der Waals surface area contributed by atoms with E-state index in [4.69, 9.17) is 4.74 Å². The Morgan fingerprint density at radius 2 is 2.44 bits per heavy atom. The molecular formula is C14H23NO2S. The van der Waals surface area contributed by atoms with E-state index in [1.165, 1.54) is 6.42 Å². The molecule has 18 heavy (non-hydrogen) atoms. The first kappa shape index (κ1) is 14.0. The first-order valence-corrected chi connectivity index (χ1v) is 7.58. The van der Waals surface area contributed by atoms with Crippen molar-refractivity contribution in [2.45, 2.75) is 57.7 Å². The molecule has 1 aliphatic rings. The van der Waals surface area contributed by atoms with Crippen LogP contribution in [0.3, 0.4) is 0 Å². The lowest BCUT2D eigenvalue weighted by Crippen LogP contribution is -2.48. The smallest absolute Gasteiger partial charge is 0.0942 e. The van der Waals surface area contributed by atoms with Crippen LogP contribution in [0.15, 0.2) is 5.38 Å². The van der Waals surface area contributed by atoms with Crippen molar-refractivity contribution in [2.24, 2.45) is 5.92 Å². The summed E-state index contributed by atoms with van der Waals surface area (Å²) in [5, 5.41) is 13.6. The number of thiazole rings is 1. The molecule has 0 aromatic carbocycles. The van der Waals surface area contributed by atoms with E-state index in [1.54, 1.807) is 18.4 Å². The molecule has 0 saturated heterocycles. The van der Waals surface area contributed by atoms with Crippen LogP contribution >= 0.6 is 11.3 Å². The van der Waals surface area contributed by atoms with E-state index in [0.717, 1.165) is 30.0 Å². The highest BCUT2D eigenvalue weighted by atomic mass is 32.1. The summed E-state index contributed by atoms with van der Waals surface area (Å²) in [5.41, 5.74) is 0.620. The van der Waals surface area contributed by atoms with E-state index in [1.807, 2.05) is 12.3 Å². The fourth-order valence-electron chi connectivity index (χ4n) is 3.05. The Hall–Kier alpha value is -0.450. The van der Waals surface area contributed by atoms with Crippen molar-refractivity contribution >= 4 is 11.3 Å². The molecule has 0 bridgehead atoms. The molecule has 1 heterocycles. The van der Waals surface area contributed by atoms with Gasteiger partial charge in [0.05, 0.1) is 22.4 Å². The zero-order valence-corrected chi connectivity index (χ0v) is 12.3. The number of aryl methyl sites for hydroxylation is 1. The zero-order chi connectivity index (χ0) is 13.2. The van der Waals surface area contributed by atoms with Gasteiger partial charge in [0.1, 0.15) is 0 Å². The number of aliphatic hydroxyl groups is 1. The Balaban J connectivity index is 2.07. The Kier molecular flexibility index (Phi) is 4.41. The average Bonchev–Trinajstić information content (AvgIpc) is 2.74. The Morgan fingerprint density at radius 1 is 1.67 bits per heavy atom. The van der Waals surface area contributed by atoms with Gasteiger partial charge in [0, 0.05) is 18.9 Å². The monoisotopic (exact) mass is 269 g/mol. The molecule has 4 heteroatoms. The molecule has 1 saturated carbocycles. The van der Waals surface area contributed by atoms with Crippen molar-refractivity contribution in [1.29, 1.82) is 0 Å². The van der Waals surface area contributed by atoms with Crippen LogP contribution in [-0.2, 0) is 11.2 Å². The predicted octanol–water partition coefficient (Wildman–Crippen LogP) is 2.95. The summed E-state index contributed by atoms with van der Waals surface area (Å²) < 4.78 is 5.72. The number of ether oxygens (including phenoxy) is 1. The lowest BCUT2D eigenvalue weighted by Gasteiger charge is -2.42. The molecule has 102 valence electrons. The number of nitrogens with zero attached hydrogens (tertiary/aromatic N) is 1. The average molecular weight is 269 g/mol. The molecule has 0 spiro atoms. The van der Waals surface area contributed by atoms with Crippen molar-refractivity contribution in [1.82, 2.24) is 4.98 Å². The molecule has 1 aromatic rings. The van der Waals surface area contributed by atoms with Gasteiger partial charge >= 0.3 is 0 Å². The van der Waals surface area contributed by atoms with Gasteiger partial charge in [0.25, 0.3) is 0 Å². The van der Waals surface area contributed by atoms with Gasteiger partial charge in [0.15, 0.2) is 0 Å². The third-order valence-electron chi connectivity index (χ3n) is 4.07. The van der Waals surface area contributed by atoms with Crippen molar-refractivity contribution in [2.75, 3.05) is 7.11 Å². The maximum Gasteiger partial charge on any atom is 0.0942 e. The van der Waals surface area contributed by atoms with Crippen LogP contribution in [0.25, 0.3) is 0 Å². The quantitative estimate of drug-likeness (QED) is 0.914. The summed E-state index contributed by atoms with van der Waals surface area (Å²) in [6, 6.07) is 0. The Morgan fingerprint density at radius 3 is 3.00 bits per heavy atom. The lowest BCUT2D eigenvalue weighted by atomic mass is 9.74. The predicted molar refractivity (Wildman–Crippen MR) is 73.9 cm³/mol. The molecule has 1 aromatic heterocycles. The highest BCUT2D eigenvalue weighted by Gasteiger charge is 2.41. The number of aliphatic hydroxyl groups excluding tert-OH is 1. The van der Waals surface area contributed by atoms with Crippen LogP contribution in [0.4, 0.5) is 0 Å². The van der Waals surface area contributed by atoms with Crippen LogP contribution in [0.5, 0.6) is 0 Å². The summed E-state index contributed by atoms with van der Waals surface area (Å²) in [4.78, 5) is 4.43. The molecule has 3 unspecified atom stereocenters. The number of hydrogen-bond donors (Lipinski definition) is 1. The third kappa shape index (κ3) is 2.92. The van der Waals surface area contributed by atoms with Gasteiger partial charge in [-0.05, 0) is 25.7 Å². The van der Waals surface area contributed by atoms with Gasteiger partial charge in [0.2, 0.25) is 0 Å². The second-order valence-corrected chi connectivity index (χ2v) is 6.61. The van der Waals surface area contributed by atoms with Crippen molar-refractivity contribution in [3.05, 3.63) is 16.1 Å². The van der Waals surface area contributed by atoms with Crippen LogP contribution in [-0.4, -0.2) is 28.9 Å². The minimum Gasteiger partial charge on any atom is -0.390 e. The van der Waals surface area contributed by atoms with Crippen molar-refractivity contribution < 1.29 is 9.84 Å². The van der Waals surface area contributed by atoms with Gasteiger partial charge in [-0.1, -0.05) is 19.8 Å². The van der Waals surface area contributed by atoms with Gasteiger partial charge in [-0.3, -0.25) is 0 Å². The lowest BCUT2D eigenvalue weighted by molar-refractivity contribution is -0.131. The fourth-order valence-corrected chi connectivity index (χ4v) is 3.68. The first-order valence-electron chi connectivity index (χ1n) is 6.70. The first-order chi connectivity index (χ1) is 8.55. The fraction of sp³-hybridized carbons (Fsp3) is 0.786. The van der Waals surface area contributed by atoms with Gasteiger partial charge in [-0.2, -0.15) is 0 Å². The molecule has 1 aliphatic carbocycles. The van der Waals surface area contributed by atoms with Crippen molar-refractivity contribution in [3.63, 3.8) is 0 Å². The van der Waals surface area contributed by atoms with Crippen LogP contribution in [0.2, 0.25) is 0 Å². The van der Waals surface area contributed by atoms with Gasteiger partial charge < -0.3 is 9.84 Å². The molecule has 1 fully saturated rings. The summed E-state index contributed by atoms with van der Waals surface area (Å²) in [6.45, 7) is 4.24. The second-order valence-electron chi connectivity index (χ2n) is 5.55. The molecule has 0 amide bonds. The minimum absolute atomic E-state index is 0.366. The molecular weight excluding hydrogens is 246 g/mol. The van der Waals surface area contributed by atoms with E-state index >= 15 is 0 Å². The van der Waals surface area contributed by atoms with E-state index in [2.05, 4.69) is 11.9 Å².